The third-order valence-electron chi connectivity index (χ3n) is 3.36. The van der Waals surface area contributed by atoms with E-state index in [0.717, 1.165) is 37.7 Å². The standard InChI is InChI=1S/C15H24N2OS/c1-13(2)11-16-12-14-3-5-15(6-4-14)17-7-9-19(18)10-8-17/h3-6,13,16H,7-12H2,1-2H3. The van der Waals surface area contributed by atoms with E-state index in [-0.39, 0.29) is 0 Å². The molecule has 0 amide bonds. The number of anilines is 1. The molecule has 2 rings (SSSR count). The van der Waals surface area contributed by atoms with Crippen molar-refractivity contribution in [1.82, 2.24) is 5.32 Å². The Morgan fingerprint density at radius 2 is 1.84 bits per heavy atom. The Morgan fingerprint density at radius 3 is 2.42 bits per heavy atom. The maximum absolute atomic E-state index is 11.3. The van der Waals surface area contributed by atoms with Crippen LogP contribution < -0.4 is 10.2 Å². The van der Waals surface area contributed by atoms with Gasteiger partial charge in [-0.2, -0.15) is 0 Å². The van der Waals surface area contributed by atoms with Gasteiger partial charge in [-0.1, -0.05) is 26.0 Å². The molecule has 0 spiro atoms. The zero-order valence-corrected chi connectivity index (χ0v) is 12.7. The lowest BCUT2D eigenvalue weighted by Gasteiger charge is -2.28. The average Bonchev–Trinajstić information content (AvgIpc) is 2.40. The molecule has 3 nitrogen and oxygen atoms in total. The van der Waals surface area contributed by atoms with Crippen LogP contribution in [0.2, 0.25) is 0 Å². The summed E-state index contributed by atoms with van der Waals surface area (Å²) >= 11 is 0. The molecule has 1 aromatic carbocycles. The summed E-state index contributed by atoms with van der Waals surface area (Å²) in [5.74, 6) is 2.29. The van der Waals surface area contributed by atoms with Crippen LogP contribution in [0, 0.1) is 5.92 Å². The number of rotatable bonds is 5. The highest BCUT2D eigenvalue weighted by atomic mass is 32.2. The highest BCUT2D eigenvalue weighted by Gasteiger charge is 2.15. The molecule has 106 valence electrons. The summed E-state index contributed by atoms with van der Waals surface area (Å²) in [5.41, 5.74) is 2.58. The van der Waals surface area contributed by atoms with Gasteiger partial charge in [0, 0.05) is 47.6 Å². The van der Waals surface area contributed by atoms with Crippen LogP contribution in [-0.2, 0) is 17.3 Å². The molecule has 0 unspecified atom stereocenters. The van der Waals surface area contributed by atoms with Crippen molar-refractivity contribution >= 4 is 16.5 Å². The Bertz CT molecular complexity index is 407. The average molecular weight is 280 g/mol. The SMILES string of the molecule is CC(C)CNCc1ccc(N2CCS(=O)CC2)cc1. The molecule has 1 saturated heterocycles. The van der Waals surface area contributed by atoms with Crippen molar-refractivity contribution < 1.29 is 4.21 Å². The van der Waals surface area contributed by atoms with E-state index in [1.165, 1.54) is 11.3 Å². The van der Waals surface area contributed by atoms with Gasteiger partial charge in [0.25, 0.3) is 0 Å². The van der Waals surface area contributed by atoms with Crippen molar-refractivity contribution in [3.8, 4) is 0 Å². The summed E-state index contributed by atoms with van der Waals surface area (Å²) in [7, 11) is -0.600. The zero-order chi connectivity index (χ0) is 13.7. The molecule has 0 saturated carbocycles. The highest BCUT2D eigenvalue weighted by molar-refractivity contribution is 7.85. The van der Waals surface area contributed by atoms with Crippen molar-refractivity contribution in [3.05, 3.63) is 29.8 Å². The molecule has 4 heteroatoms. The Kier molecular flexibility index (Phi) is 5.40. The van der Waals surface area contributed by atoms with Crippen LogP contribution in [0.4, 0.5) is 5.69 Å². The molecule has 0 bridgehead atoms. The van der Waals surface area contributed by atoms with Gasteiger partial charge in [0.05, 0.1) is 0 Å². The van der Waals surface area contributed by atoms with Crippen molar-refractivity contribution in [2.24, 2.45) is 5.92 Å². The lowest BCUT2D eigenvalue weighted by Crippen LogP contribution is -2.37. The third-order valence-corrected chi connectivity index (χ3v) is 4.64. The Balaban J connectivity index is 1.85. The van der Waals surface area contributed by atoms with Gasteiger partial charge in [0.1, 0.15) is 0 Å². The van der Waals surface area contributed by atoms with Gasteiger partial charge in [-0.15, -0.1) is 0 Å². The molecule has 0 atom stereocenters. The van der Waals surface area contributed by atoms with Gasteiger partial charge < -0.3 is 10.2 Å². The van der Waals surface area contributed by atoms with Crippen LogP contribution in [-0.4, -0.2) is 35.3 Å². The van der Waals surface area contributed by atoms with E-state index in [0.29, 0.717) is 5.92 Å². The fourth-order valence-corrected chi connectivity index (χ4v) is 3.28. The predicted molar refractivity (Wildman–Crippen MR) is 83.1 cm³/mol. The van der Waals surface area contributed by atoms with Gasteiger partial charge in [-0.25, -0.2) is 0 Å². The zero-order valence-electron chi connectivity index (χ0n) is 11.9. The number of benzene rings is 1. The van der Waals surface area contributed by atoms with Gasteiger partial charge in [-0.3, -0.25) is 4.21 Å². The monoisotopic (exact) mass is 280 g/mol. The van der Waals surface area contributed by atoms with Crippen LogP contribution in [0.15, 0.2) is 24.3 Å². The minimum Gasteiger partial charge on any atom is -0.370 e. The Labute approximate surface area is 118 Å². The third kappa shape index (κ3) is 4.62. The first-order valence-corrected chi connectivity index (χ1v) is 8.53. The predicted octanol–water partition coefficient (Wildman–Crippen LogP) is 2.00. The topological polar surface area (TPSA) is 32.3 Å². The van der Waals surface area contributed by atoms with Crippen molar-refractivity contribution in [2.45, 2.75) is 20.4 Å². The van der Waals surface area contributed by atoms with Gasteiger partial charge in [0.15, 0.2) is 0 Å². The Morgan fingerprint density at radius 1 is 1.21 bits per heavy atom. The molecule has 1 fully saturated rings. The second-order valence-corrected chi connectivity index (χ2v) is 7.22. The molecule has 1 heterocycles. The molecule has 1 aliphatic rings. The summed E-state index contributed by atoms with van der Waals surface area (Å²) in [6.07, 6.45) is 0. The van der Waals surface area contributed by atoms with Crippen molar-refractivity contribution in [3.63, 3.8) is 0 Å². The van der Waals surface area contributed by atoms with Gasteiger partial charge in [0.2, 0.25) is 0 Å². The van der Waals surface area contributed by atoms with Crippen LogP contribution in [0.3, 0.4) is 0 Å². The molecular weight excluding hydrogens is 256 g/mol. The summed E-state index contributed by atoms with van der Waals surface area (Å²) in [5, 5.41) is 3.45. The van der Waals surface area contributed by atoms with Crippen LogP contribution in [0.25, 0.3) is 0 Å². The number of nitrogens with zero attached hydrogens (tertiary/aromatic N) is 1. The van der Waals surface area contributed by atoms with E-state index in [2.05, 4.69) is 48.3 Å². The van der Waals surface area contributed by atoms with Crippen molar-refractivity contribution in [1.29, 1.82) is 0 Å². The summed E-state index contributed by atoms with van der Waals surface area (Å²) < 4.78 is 11.3. The first-order chi connectivity index (χ1) is 9.15. The van der Waals surface area contributed by atoms with E-state index >= 15 is 0 Å². The van der Waals surface area contributed by atoms with Gasteiger partial charge in [-0.05, 0) is 30.2 Å². The van der Waals surface area contributed by atoms with Gasteiger partial charge >= 0.3 is 0 Å². The largest absolute Gasteiger partial charge is 0.370 e. The first-order valence-electron chi connectivity index (χ1n) is 7.05. The number of hydrogen-bond acceptors (Lipinski definition) is 3. The minimum absolute atomic E-state index is 0.600. The van der Waals surface area contributed by atoms with E-state index in [4.69, 9.17) is 0 Å². The van der Waals surface area contributed by atoms with E-state index in [1.807, 2.05) is 0 Å². The maximum Gasteiger partial charge on any atom is 0.0411 e. The lowest BCUT2D eigenvalue weighted by molar-refractivity contribution is 0.552. The van der Waals surface area contributed by atoms with E-state index in [9.17, 15) is 4.21 Å². The van der Waals surface area contributed by atoms with E-state index in [1.54, 1.807) is 0 Å². The molecule has 1 N–H and O–H groups in total. The van der Waals surface area contributed by atoms with Crippen LogP contribution >= 0.6 is 0 Å². The molecule has 0 aromatic heterocycles. The molecule has 0 aliphatic carbocycles. The Hall–Kier alpha value is -0.870. The fourth-order valence-electron chi connectivity index (χ4n) is 2.23. The fraction of sp³-hybridized carbons (Fsp3) is 0.600. The molecule has 1 aliphatic heterocycles. The number of hydrogen-bond donors (Lipinski definition) is 1. The van der Waals surface area contributed by atoms with Crippen molar-refractivity contribution in [2.75, 3.05) is 36.0 Å². The molecule has 0 radical (unpaired) electrons. The first kappa shape index (κ1) is 14.5. The van der Waals surface area contributed by atoms with Crippen LogP contribution in [0.5, 0.6) is 0 Å². The summed E-state index contributed by atoms with van der Waals surface area (Å²) in [6.45, 7) is 8.25. The normalized spacial score (nSPS) is 17.1. The van der Waals surface area contributed by atoms with Crippen LogP contribution in [0.1, 0.15) is 19.4 Å². The van der Waals surface area contributed by atoms with E-state index < -0.39 is 10.8 Å². The maximum atomic E-state index is 11.3. The second kappa shape index (κ2) is 7.06. The number of nitrogens with one attached hydrogen (secondary N) is 1. The lowest BCUT2D eigenvalue weighted by atomic mass is 10.1. The smallest absolute Gasteiger partial charge is 0.0411 e. The quantitative estimate of drug-likeness (QED) is 0.895. The highest BCUT2D eigenvalue weighted by Crippen LogP contribution is 2.17. The molecular formula is C15H24N2OS. The minimum atomic E-state index is -0.600. The summed E-state index contributed by atoms with van der Waals surface area (Å²) in [6, 6.07) is 8.74. The summed E-state index contributed by atoms with van der Waals surface area (Å²) in [4.78, 5) is 2.33. The second-order valence-electron chi connectivity index (χ2n) is 5.53. The molecule has 19 heavy (non-hydrogen) atoms. The molecule has 1 aromatic rings.